The molecule has 0 saturated carbocycles. The Kier molecular flexibility index (Phi) is 4.59. The lowest BCUT2D eigenvalue weighted by Gasteiger charge is -2.17. The molecule has 0 spiro atoms. The van der Waals surface area contributed by atoms with Crippen LogP contribution in [0.2, 0.25) is 0 Å². The standard InChI is InChI=1S/C16H24N2O/c1-13(2)11-15-16(19)18(12-17(15)3)10-9-14-7-5-4-6-8-14/h4-8,13,15H,9-12H2,1-3H3/t15-/m0/s1. The second kappa shape index (κ2) is 6.20. The first kappa shape index (κ1) is 14.1. The van der Waals surface area contributed by atoms with E-state index in [0.717, 1.165) is 26.1 Å². The summed E-state index contributed by atoms with van der Waals surface area (Å²) in [5.74, 6) is 0.859. The van der Waals surface area contributed by atoms with Crippen molar-refractivity contribution in [2.75, 3.05) is 20.3 Å². The van der Waals surface area contributed by atoms with Gasteiger partial charge in [0.05, 0.1) is 12.7 Å². The van der Waals surface area contributed by atoms with Gasteiger partial charge in [-0.25, -0.2) is 0 Å². The van der Waals surface area contributed by atoms with E-state index < -0.39 is 0 Å². The smallest absolute Gasteiger partial charge is 0.241 e. The molecule has 0 bridgehead atoms. The summed E-state index contributed by atoms with van der Waals surface area (Å²) in [6, 6.07) is 10.4. The zero-order valence-electron chi connectivity index (χ0n) is 12.2. The molecule has 3 nitrogen and oxygen atoms in total. The Balaban J connectivity index is 1.90. The van der Waals surface area contributed by atoms with Gasteiger partial charge in [0.1, 0.15) is 0 Å². The number of amides is 1. The summed E-state index contributed by atoms with van der Waals surface area (Å²) < 4.78 is 0. The number of hydrogen-bond acceptors (Lipinski definition) is 2. The largest absolute Gasteiger partial charge is 0.328 e. The molecular formula is C16H24N2O. The van der Waals surface area contributed by atoms with E-state index >= 15 is 0 Å². The van der Waals surface area contributed by atoms with Crippen LogP contribution >= 0.6 is 0 Å². The Hall–Kier alpha value is -1.35. The van der Waals surface area contributed by atoms with Crippen molar-refractivity contribution in [3.05, 3.63) is 35.9 Å². The molecule has 1 fully saturated rings. The van der Waals surface area contributed by atoms with Crippen molar-refractivity contribution in [3.8, 4) is 0 Å². The molecule has 0 radical (unpaired) electrons. The number of rotatable bonds is 5. The first-order valence-electron chi connectivity index (χ1n) is 7.11. The van der Waals surface area contributed by atoms with Crippen molar-refractivity contribution in [1.82, 2.24) is 9.80 Å². The highest BCUT2D eigenvalue weighted by atomic mass is 16.2. The van der Waals surface area contributed by atoms with Crippen molar-refractivity contribution in [2.45, 2.75) is 32.7 Å². The lowest BCUT2D eigenvalue weighted by Crippen LogP contribution is -2.33. The molecule has 1 aliphatic rings. The maximum absolute atomic E-state index is 12.4. The first-order chi connectivity index (χ1) is 9.08. The lowest BCUT2D eigenvalue weighted by atomic mass is 10.0. The zero-order valence-corrected chi connectivity index (χ0v) is 12.2. The third-order valence-corrected chi connectivity index (χ3v) is 3.73. The van der Waals surface area contributed by atoms with E-state index in [1.54, 1.807) is 0 Å². The van der Waals surface area contributed by atoms with Crippen LogP contribution in [0.5, 0.6) is 0 Å². The maximum atomic E-state index is 12.4. The molecule has 1 aromatic carbocycles. The van der Waals surface area contributed by atoms with Crippen molar-refractivity contribution < 1.29 is 4.79 Å². The minimum Gasteiger partial charge on any atom is -0.328 e. The Morgan fingerprint density at radius 1 is 1.26 bits per heavy atom. The Morgan fingerprint density at radius 2 is 1.95 bits per heavy atom. The molecule has 1 aliphatic heterocycles. The van der Waals surface area contributed by atoms with Crippen molar-refractivity contribution in [3.63, 3.8) is 0 Å². The minimum absolute atomic E-state index is 0.0794. The zero-order chi connectivity index (χ0) is 13.8. The van der Waals surface area contributed by atoms with Gasteiger partial charge in [-0.1, -0.05) is 44.2 Å². The van der Waals surface area contributed by atoms with E-state index in [1.165, 1.54) is 5.56 Å². The summed E-state index contributed by atoms with van der Waals surface area (Å²) in [7, 11) is 2.05. The summed E-state index contributed by atoms with van der Waals surface area (Å²) in [5, 5.41) is 0. The Morgan fingerprint density at radius 3 is 2.58 bits per heavy atom. The van der Waals surface area contributed by atoms with Crippen LogP contribution in [0.3, 0.4) is 0 Å². The number of carbonyl (C=O) groups is 1. The van der Waals surface area contributed by atoms with Crippen molar-refractivity contribution in [2.24, 2.45) is 5.92 Å². The first-order valence-corrected chi connectivity index (χ1v) is 7.11. The van der Waals surface area contributed by atoms with E-state index in [9.17, 15) is 4.79 Å². The van der Waals surface area contributed by atoms with Crippen LogP contribution in [0.4, 0.5) is 0 Å². The topological polar surface area (TPSA) is 23.6 Å². The third kappa shape index (κ3) is 3.57. The van der Waals surface area contributed by atoms with Gasteiger partial charge in [-0.15, -0.1) is 0 Å². The average molecular weight is 260 g/mol. The molecule has 1 heterocycles. The van der Waals surface area contributed by atoms with E-state index in [2.05, 4.69) is 43.0 Å². The molecule has 19 heavy (non-hydrogen) atoms. The SMILES string of the molecule is CC(C)C[C@H]1C(=O)N(CCc2ccccc2)CN1C. The number of carbonyl (C=O) groups excluding carboxylic acids is 1. The summed E-state index contributed by atoms with van der Waals surface area (Å²) >= 11 is 0. The van der Waals surface area contributed by atoms with Crippen molar-refractivity contribution >= 4 is 5.91 Å². The fraction of sp³-hybridized carbons (Fsp3) is 0.562. The van der Waals surface area contributed by atoms with Crippen LogP contribution in [0, 0.1) is 5.92 Å². The molecule has 0 aromatic heterocycles. The molecule has 3 heteroatoms. The lowest BCUT2D eigenvalue weighted by molar-refractivity contribution is -0.129. The monoisotopic (exact) mass is 260 g/mol. The number of hydrogen-bond donors (Lipinski definition) is 0. The maximum Gasteiger partial charge on any atom is 0.241 e. The normalized spacial score (nSPS) is 20.5. The van der Waals surface area contributed by atoms with Gasteiger partial charge < -0.3 is 4.90 Å². The van der Waals surface area contributed by atoms with E-state index in [1.807, 2.05) is 18.0 Å². The Bertz CT molecular complexity index is 416. The highest BCUT2D eigenvalue weighted by Crippen LogP contribution is 2.19. The van der Waals surface area contributed by atoms with E-state index in [4.69, 9.17) is 0 Å². The number of likely N-dealkylation sites (N-methyl/N-ethyl adjacent to an activating group) is 1. The van der Waals surface area contributed by atoms with Gasteiger partial charge in [-0.3, -0.25) is 9.69 Å². The van der Waals surface area contributed by atoms with Gasteiger partial charge in [0, 0.05) is 6.54 Å². The summed E-state index contributed by atoms with van der Waals surface area (Å²) in [5.41, 5.74) is 1.30. The summed E-state index contributed by atoms with van der Waals surface area (Å²) in [6.07, 6.45) is 1.89. The van der Waals surface area contributed by atoms with Gasteiger partial charge in [0.15, 0.2) is 0 Å². The summed E-state index contributed by atoms with van der Waals surface area (Å²) in [6.45, 7) is 5.94. The fourth-order valence-corrected chi connectivity index (χ4v) is 2.65. The molecule has 0 aliphatic carbocycles. The van der Waals surface area contributed by atoms with Gasteiger partial charge in [-0.2, -0.15) is 0 Å². The highest BCUT2D eigenvalue weighted by molar-refractivity contribution is 5.83. The number of benzene rings is 1. The quantitative estimate of drug-likeness (QED) is 0.811. The third-order valence-electron chi connectivity index (χ3n) is 3.73. The second-order valence-corrected chi connectivity index (χ2v) is 5.88. The molecule has 1 atom stereocenters. The van der Waals surface area contributed by atoms with Gasteiger partial charge >= 0.3 is 0 Å². The fourth-order valence-electron chi connectivity index (χ4n) is 2.65. The van der Waals surface area contributed by atoms with Gasteiger partial charge in [-0.05, 0) is 31.4 Å². The predicted octanol–water partition coefficient (Wildman–Crippen LogP) is 2.38. The summed E-state index contributed by atoms with van der Waals surface area (Å²) in [4.78, 5) is 16.5. The molecule has 1 saturated heterocycles. The number of nitrogens with zero attached hydrogens (tertiary/aromatic N) is 2. The highest BCUT2D eigenvalue weighted by Gasteiger charge is 2.35. The van der Waals surface area contributed by atoms with Crippen LogP contribution in [-0.4, -0.2) is 42.0 Å². The van der Waals surface area contributed by atoms with Crippen LogP contribution < -0.4 is 0 Å². The molecule has 0 N–H and O–H groups in total. The molecule has 1 aromatic rings. The second-order valence-electron chi connectivity index (χ2n) is 5.88. The molecule has 104 valence electrons. The average Bonchev–Trinajstić information content (AvgIpc) is 2.65. The molecule has 1 amide bonds. The van der Waals surface area contributed by atoms with Crippen LogP contribution in [0.15, 0.2) is 30.3 Å². The van der Waals surface area contributed by atoms with Gasteiger partial charge in [0.25, 0.3) is 0 Å². The van der Waals surface area contributed by atoms with Crippen LogP contribution in [0.25, 0.3) is 0 Å². The van der Waals surface area contributed by atoms with E-state index in [0.29, 0.717) is 11.8 Å². The predicted molar refractivity (Wildman–Crippen MR) is 77.7 cm³/mol. The molecular weight excluding hydrogens is 236 g/mol. The molecule has 0 unspecified atom stereocenters. The minimum atomic E-state index is 0.0794. The van der Waals surface area contributed by atoms with Gasteiger partial charge in [0.2, 0.25) is 5.91 Å². The van der Waals surface area contributed by atoms with Crippen LogP contribution in [0.1, 0.15) is 25.8 Å². The molecule has 2 rings (SSSR count). The van der Waals surface area contributed by atoms with E-state index in [-0.39, 0.29) is 6.04 Å². The Labute approximate surface area is 116 Å². The van der Waals surface area contributed by atoms with Crippen LogP contribution in [-0.2, 0) is 11.2 Å². The van der Waals surface area contributed by atoms with Crippen molar-refractivity contribution in [1.29, 1.82) is 0 Å².